The predicted octanol–water partition coefficient (Wildman–Crippen LogP) is 2.02. The second-order valence-electron chi connectivity index (χ2n) is 9.38. The lowest BCUT2D eigenvalue weighted by atomic mass is 9.98. The summed E-state index contributed by atoms with van der Waals surface area (Å²) in [6.45, 7) is 0.585. The molecule has 0 bridgehead atoms. The molecule has 3 rings (SSSR count). The molecule has 3 amide bonds. The number of nitro groups is 1. The van der Waals surface area contributed by atoms with E-state index >= 15 is 0 Å². The Morgan fingerprint density at radius 1 is 0.930 bits per heavy atom. The zero-order valence-corrected chi connectivity index (χ0v) is 22.9. The Hall–Kier alpha value is -5.47. The Morgan fingerprint density at radius 2 is 1.56 bits per heavy atom. The highest BCUT2D eigenvalue weighted by Gasteiger charge is 2.30. The number of aliphatic hydroxyl groups excluding tert-OH is 1. The Kier molecular flexibility index (Phi) is 10.4. The standard InChI is InChI=1S/C29H28N4O10/c1-17(35)31(16-18-6-9-21(10-7-18)33(42)43)26(36)23(30)15-19-8-11-24(20(14-19)12-13-34)32(27(37)29(40)41)25-5-3-2-4-22(25)28(38)39/h2-11,14,23,34H,12-13,15-16,30H2,1H3,(H,38,39)(H,40,41). The monoisotopic (exact) mass is 592 g/mol. The number of rotatable bonds is 11. The summed E-state index contributed by atoms with van der Waals surface area (Å²) >= 11 is 0. The first kappa shape index (κ1) is 32.0. The number of para-hydroxylation sites is 1. The number of carbonyl (C=O) groups excluding carboxylic acids is 3. The third-order valence-corrected chi connectivity index (χ3v) is 6.43. The van der Waals surface area contributed by atoms with Crippen molar-refractivity contribution in [2.75, 3.05) is 11.5 Å². The van der Waals surface area contributed by atoms with Crippen molar-refractivity contribution in [2.24, 2.45) is 5.73 Å². The number of nitrogens with two attached hydrogens (primary N) is 1. The summed E-state index contributed by atoms with van der Waals surface area (Å²) in [7, 11) is 0. The first-order valence-electron chi connectivity index (χ1n) is 12.8. The SMILES string of the molecule is CC(=O)N(Cc1ccc([N+](=O)[O-])cc1)C(=O)C(N)Cc1ccc(N(C(=O)C(=O)O)c2ccccc2C(=O)O)c(CCO)c1. The van der Waals surface area contributed by atoms with Crippen molar-refractivity contribution < 1.29 is 44.2 Å². The quantitative estimate of drug-likeness (QED) is 0.143. The molecule has 3 aromatic rings. The van der Waals surface area contributed by atoms with E-state index in [1.807, 2.05) is 0 Å². The van der Waals surface area contributed by atoms with Crippen LogP contribution >= 0.6 is 0 Å². The minimum atomic E-state index is -1.84. The fraction of sp³-hybridized carbons (Fsp3) is 0.207. The van der Waals surface area contributed by atoms with Gasteiger partial charge in [-0.1, -0.05) is 36.4 Å². The smallest absolute Gasteiger partial charge is 0.395 e. The van der Waals surface area contributed by atoms with E-state index in [0.29, 0.717) is 11.1 Å². The van der Waals surface area contributed by atoms with E-state index in [2.05, 4.69) is 0 Å². The molecule has 0 radical (unpaired) electrons. The van der Waals surface area contributed by atoms with Gasteiger partial charge in [0.2, 0.25) is 11.8 Å². The van der Waals surface area contributed by atoms with E-state index in [0.717, 1.165) is 9.80 Å². The summed E-state index contributed by atoms with van der Waals surface area (Å²) in [5.41, 5.74) is 6.65. The minimum absolute atomic E-state index is 0.00216. The molecule has 14 nitrogen and oxygen atoms in total. The Balaban J connectivity index is 1.94. The number of carboxylic acid groups (broad SMARTS) is 2. The molecule has 0 aliphatic carbocycles. The second kappa shape index (κ2) is 13.9. The van der Waals surface area contributed by atoms with Crippen LogP contribution in [0.25, 0.3) is 0 Å². The van der Waals surface area contributed by atoms with Gasteiger partial charge in [0.25, 0.3) is 5.69 Å². The molecule has 1 unspecified atom stereocenters. The summed E-state index contributed by atoms with van der Waals surface area (Å²) in [6, 6.07) is 13.8. The van der Waals surface area contributed by atoms with Crippen LogP contribution in [0.3, 0.4) is 0 Å². The molecule has 0 spiro atoms. The van der Waals surface area contributed by atoms with Crippen molar-refractivity contribution in [2.45, 2.75) is 32.4 Å². The van der Waals surface area contributed by atoms with Gasteiger partial charge in [-0.2, -0.15) is 0 Å². The number of amides is 3. The van der Waals surface area contributed by atoms with Gasteiger partial charge < -0.3 is 21.1 Å². The van der Waals surface area contributed by atoms with E-state index in [9.17, 15) is 49.4 Å². The van der Waals surface area contributed by atoms with Crippen molar-refractivity contribution in [3.05, 3.63) is 99.1 Å². The maximum Gasteiger partial charge on any atom is 0.395 e. The van der Waals surface area contributed by atoms with Crippen LogP contribution in [0.4, 0.5) is 17.1 Å². The summed E-state index contributed by atoms with van der Waals surface area (Å²) in [5, 5.41) is 39.7. The number of imide groups is 1. The van der Waals surface area contributed by atoms with Crippen molar-refractivity contribution >= 4 is 46.7 Å². The molecule has 43 heavy (non-hydrogen) atoms. The van der Waals surface area contributed by atoms with E-state index in [4.69, 9.17) is 5.73 Å². The summed E-state index contributed by atoms with van der Waals surface area (Å²) in [4.78, 5) is 73.8. The molecule has 0 fully saturated rings. The Morgan fingerprint density at radius 3 is 2.12 bits per heavy atom. The number of hydrogen-bond donors (Lipinski definition) is 4. The molecule has 0 saturated heterocycles. The summed E-state index contributed by atoms with van der Waals surface area (Å²) < 4.78 is 0. The van der Waals surface area contributed by atoms with Crippen LogP contribution in [-0.2, 0) is 38.6 Å². The molecule has 0 aromatic heterocycles. The zero-order chi connectivity index (χ0) is 31.8. The van der Waals surface area contributed by atoms with Gasteiger partial charge in [-0.05, 0) is 47.7 Å². The highest BCUT2D eigenvalue weighted by atomic mass is 16.6. The highest BCUT2D eigenvalue weighted by Crippen LogP contribution is 2.33. The molecule has 14 heteroatoms. The van der Waals surface area contributed by atoms with Gasteiger partial charge in [-0.15, -0.1) is 0 Å². The molecule has 0 aliphatic rings. The van der Waals surface area contributed by atoms with Gasteiger partial charge in [0.1, 0.15) is 0 Å². The van der Waals surface area contributed by atoms with Gasteiger partial charge in [0, 0.05) is 25.7 Å². The van der Waals surface area contributed by atoms with Gasteiger partial charge in [0.15, 0.2) is 0 Å². The van der Waals surface area contributed by atoms with Crippen LogP contribution in [0, 0.1) is 10.1 Å². The zero-order valence-electron chi connectivity index (χ0n) is 22.9. The van der Waals surface area contributed by atoms with Crippen molar-refractivity contribution in [3.8, 4) is 0 Å². The van der Waals surface area contributed by atoms with E-state index < -0.39 is 47.2 Å². The van der Waals surface area contributed by atoms with E-state index in [-0.39, 0.29) is 47.6 Å². The second-order valence-corrected chi connectivity index (χ2v) is 9.38. The normalized spacial score (nSPS) is 11.3. The molecule has 1 atom stereocenters. The number of anilines is 2. The number of carbonyl (C=O) groups is 5. The largest absolute Gasteiger partial charge is 0.478 e. The molecule has 0 saturated carbocycles. The number of carboxylic acids is 2. The van der Waals surface area contributed by atoms with Gasteiger partial charge in [-0.25, -0.2) is 9.59 Å². The van der Waals surface area contributed by atoms with Crippen LogP contribution in [0.15, 0.2) is 66.7 Å². The lowest BCUT2D eigenvalue weighted by Gasteiger charge is -2.26. The van der Waals surface area contributed by atoms with Crippen LogP contribution in [0.5, 0.6) is 0 Å². The number of benzene rings is 3. The van der Waals surface area contributed by atoms with Crippen molar-refractivity contribution in [3.63, 3.8) is 0 Å². The Labute approximate surface area is 244 Å². The number of hydrogen-bond acceptors (Lipinski definition) is 9. The van der Waals surface area contributed by atoms with Gasteiger partial charge in [0.05, 0.1) is 34.4 Å². The fourth-order valence-electron chi connectivity index (χ4n) is 4.39. The van der Waals surface area contributed by atoms with Gasteiger partial charge in [-0.3, -0.25) is 34.3 Å². The fourth-order valence-corrected chi connectivity index (χ4v) is 4.39. The average molecular weight is 593 g/mol. The Bertz CT molecular complexity index is 1570. The third kappa shape index (κ3) is 7.63. The lowest BCUT2D eigenvalue weighted by Crippen LogP contribution is -2.46. The molecular formula is C29H28N4O10. The van der Waals surface area contributed by atoms with Gasteiger partial charge >= 0.3 is 17.8 Å². The van der Waals surface area contributed by atoms with Crippen LogP contribution in [0.1, 0.15) is 34.0 Å². The molecule has 3 aromatic carbocycles. The maximum atomic E-state index is 13.2. The van der Waals surface area contributed by atoms with Crippen molar-refractivity contribution in [1.29, 1.82) is 0 Å². The first-order valence-corrected chi connectivity index (χ1v) is 12.8. The van der Waals surface area contributed by atoms with E-state index in [1.54, 1.807) is 0 Å². The first-order chi connectivity index (χ1) is 20.3. The maximum absolute atomic E-state index is 13.2. The molecule has 0 heterocycles. The highest BCUT2D eigenvalue weighted by molar-refractivity contribution is 6.39. The summed E-state index contributed by atoms with van der Waals surface area (Å²) in [5.74, 6) is -6.00. The molecule has 0 aliphatic heterocycles. The number of non-ortho nitro benzene ring substituents is 1. The minimum Gasteiger partial charge on any atom is -0.478 e. The molecule has 224 valence electrons. The van der Waals surface area contributed by atoms with Crippen LogP contribution in [-0.4, -0.2) is 67.5 Å². The number of aromatic carboxylic acids is 1. The van der Waals surface area contributed by atoms with Crippen LogP contribution in [0.2, 0.25) is 0 Å². The number of nitro benzene ring substituents is 1. The predicted molar refractivity (Wildman–Crippen MR) is 151 cm³/mol. The summed E-state index contributed by atoms with van der Waals surface area (Å²) in [6.07, 6.45) is -0.162. The number of aliphatic hydroxyl groups is 1. The molecular weight excluding hydrogens is 564 g/mol. The number of aliphatic carboxylic acids is 1. The average Bonchev–Trinajstić information content (AvgIpc) is 2.97. The van der Waals surface area contributed by atoms with Crippen molar-refractivity contribution in [1.82, 2.24) is 4.90 Å². The topological polar surface area (TPSA) is 222 Å². The third-order valence-electron chi connectivity index (χ3n) is 6.43. The number of nitrogens with zero attached hydrogens (tertiary/aromatic N) is 3. The molecule has 5 N–H and O–H groups in total. The van der Waals surface area contributed by atoms with E-state index in [1.165, 1.54) is 73.7 Å². The van der Waals surface area contributed by atoms with Crippen LogP contribution < -0.4 is 10.6 Å². The lowest BCUT2D eigenvalue weighted by molar-refractivity contribution is -0.384.